The number of ether oxygens (including phenoxy) is 1. The second kappa shape index (κ2) is 8.25. The van der Waals surface area contributed by atoms with Gasteiger partial charge in [0.2, 0.25) is 0 Å². The quantitative estimate of drug-likeness (QED) is 0.541. The number of rotatable bonds is 2. The van der Waals surface area contributed by atoms with E-state index < -0.39 is 17.5 Å². The second-order valence-corrected chi connectivity index (χ2v) is 10.9. The van der Waals surface area contributed by atoms with Gasteiger partial charge in [-0.1, -0.05) is 11.6 Å². The number of carbonyl (C=O) groups excluding carboxylic acids is 1. The first-order valence-corrected chi connectivity index (χ1v) is 12.0. The van der Waals surface area contributed by atoms with Gasteiger partial charge in [-0.05, 0) is 40.2 Å². The van der Waals surface area contributed by atoms with Crippen molar-refractivity contribution < 1.29 is 13.9 Å². The molecule has 35 heavy (non-hydrogen) atoms. The highest BCUT2D eigenvalue weighted by Crippen LogP contribution is 2.46. The molecule has 0 unspecified atom stereocenters. The van der Waals surface area contributed by atoms with Gasteiger partial charge in [-0.15, -0.1) is 0 Å². The van der Waals surface area contributed by atoms with Crippen molar-refractivity contribution in [1.29, 1.82) is 5.26 Å². The fourth-order valence-corrected chi connectivity index (χ4v) is 5.73. The van der Waals surface area contributed by atoms with Crippen molar-refractivity contribution in [3.05, 3.63) is 28.7 Å². The van der Waals surface area contributed by atoms with Gasteiger partial charge >= 0.3 is 6.09 Å². The third-order valence-electron chi connectivity index (χ3n) is 6.92. The van der Waals surface area contributed by atoms with Crippen LogP contribution in [-0.2, 0) is 4.74 Å². The van der Waals surface area contributed by atoms with Crippen LogP contribution in [-0.4, -0.2) is 66.3 Å². The Morgan fingerprint density at radius 2 is 2.11 bits per heavy atom. The molecule has 2 saturated heterocycles. The van der Waals surface area contributed by atoms with E-state index >= 15 is 4.39 Å². The Morgan fingerprint density at radius 3 is 2.80 bits per heavy atom. The third-order valence-corrected chi connectivity index (χ3v) is 7.19. The van der Waals surface area contributed by atoms with E-state index in [1.807, 2.05) is 6.07 Å². The van der Waals surface area contributed by atoms with Crippen LogP contribution in [0.2, 0.25) is 5.02 Å². The van der Waals surface area contributed by atoms with Crippen LogP contribution in [0.5, 0.6) is 0 Å². The number of halogens is 2. The molecule has 2 aliphatic rings. The first kappa shape index (κ1) is 23.6. The van der Waals surface area contributed by atoms with Crippen molar-refractivity contribution in [2.24, 2.45) is 5.92 Å². The zero-order valence-corrected chi connectivity index (χ0v) is 21.2. The summed E-state index contributed by atoms with van der Waals surface area (Å²) in [5.74, 6) is -0.206. The van der Waals surface area contributed by atoms with E-state index in [0.29, 0.717) is 32.9 Å². The number of anilines is 2. The molecule has 0 radical (unpaired) electrons. The maximum atomic E-state index is 15.3. The van der Waals surface area contributed by atoms with Crippen molar-refractivity contribution >= 4 is 51.0 Å². The van der Waals surface area contributed by atoms with E-state index in [2.05, 4.69) is 26.8 Å². The van der Waals surface area contributed by atoms with Crippen molar-refractivity contribution in [3.63, 3.8) is 0 Å². The fraction of sp³-hybridized carbons (Fsp3) is 0.480. The molecule has 10 heteroatoms. The maximum Gasteiger partial charge on any atom is 0.414 e. The second-order valence-electron chi connectivity index (χ2n) is 10.5. The lowest BCUT2D eigenvalue weighted by molar-refractivity contribution is 0.0589. The lowest BCUT2D eigenvalue weighted by atomic mass is 10.0. The molecule has 2 fully saturated rings. The Hall–Kier alpha value is -3.09. The van der Waals surface area contributed by atoms with Crippen LogP contribution in [0.15, 0.2) is 12.3 Å². The van der Waals surface area contributed by atoms with Gasteiger partial charge in [0.25, 0.3) is 0 Å². The number of nitriles is 1. The van der Waals surface area contributed by atoms with Crippen molar-refractivity contribution in [3.8, 4) is 6.07 Å². The Bertz CT molecular complexity index is 1390. The smallest absolute Gasteiger partial charge is 0.414 e. The fourth-order valence-electron chi connectivity index (χ4n) is 5.48. The van der Waals surface area contributed by atoms with Crippen LogP contribution in [0.25, 0.3) is 21.9 Å². The minimum atomic E-state index is -0.725. The topological polar surface area (TPSA) is 88.5 Å². The number of amides is 1. The molecule has 1 N–H and O–H groups in total. The lowest BCUT2D eigenvalue weighted by Crippen LogP contribution is -2.34. The van der Waals surface area contributed by atoms with Crippen LogP contribution >= 0.6 is 11.6 Å². The minimum absolute atomic E-state index is 0.114. The van der Waals surface area contributed by atoms with Crippen LogP contribution in [0.4, 0.5) is 20.6 Å². The molecule has 184 valence electrons. The molecular weight excluding hydrogens is 471 g/mol. The lowest BCUT2D eigenvalue weighted by Gasteiger charge is -2.28. The summed E-state index contributed by atoms with van der Waals surface area (Å²) in [6, 6.07) is 3.47. The number of aromatic amines is 1. The number of likely N-dealkylation sites (tertiary alicyclic amines) is 1. The summed E-state index contributed by atoms with van der Waals surface area (Å²) in [6.07, 6.45) is 1.98. The summed E-state index contributed by atoms with van der Waals surface area (Å²) in [5, 5.41) is 11.3. The van der Waals surface area contributed by atoms with Gasteiger partial charge in [0.1, 0.15) is 23.1 Å². The summed E-state index contributed by atoms with van der Waals surface area (Å²) >= 11 is 6.74. The molecule has 4 heterocycles. The molecule has 1 aromatic carbocycles. The van der Waals surface area contributed by atoms with Gasteiger partial charge in [-0.25, -0.2) is 14.2 Å². The first-order chi connectivity index (χ1) is 16.5. The molecule has 0 bridgehead atoms. The zero-order chi connectivity index (χ0) is 25.2. The van der Waals surface area contributed by atoms with Gasteiger partial charge in [0, 0.05) is 44.2 Å². The number of benzene rings is 1. The number of nitrogens with zero attached hydrogens (tertiary/aromatic N) is 5. The standard InChI is InChI=1S/C25H28ClFN6O2/c1-25(2,3)35-24(34)32(5)17-8-16(27)14(9-28)19-20-22(15(26)10-29-23(20)30-21(17)19)33-7-6-13-11-31(4)12-18(13)33/h8,10,13,18H,6-7,11-12H2,1-5H3,(H,29,30)/t13-,18+/m0/s1. The van der Waals surface area contributed by atoms with Crippen LogP contribution in [0.1, 0.15) is 32.8 Å². The Balaban J connectivity index is 1.76. The van der Waals surface area contributed by atoms with Crippen LogP contribution < -0.4 is 9.80 Å². The minimum Gasteiger partial charge on any atom is -0.443 e. The predicted octanol–water partition coefficient (Wildman–Crippen LogP) is 4.89. The van der Waals surface area contributed by atoms with Gasteiger partial charge in [0.15, 0.2) is 0 Å². The summed E-state index contributed by atoms with van der Waals surface area (Å²) in [4.78, 5) is 26.3. The Morgan fingerprint density at radius 1 is 1.37 bits per heavy atom. The average Bonchev–Trinajstić information content (AvgIpc) is 3.44. The number of H-pyrrole nitrogens is 1. The third kappa shape index (κ3) is 3.85. The summed E-state index contributed by atoms with van der Waals surface area (Å²) in [7, 11) is 3.62. The first-order valence-electron chi connectivity index (χ1n) is 11.6. The highest BCUT2D eigenvalue weighted by molar-refractivity contribution is 6.36. The molecule has 5 rings (SSSR count). The SMILES string of the molecule is CN1C[C@@H]2CCN(c3c(Cl)cnc4[nH]c5c(N(C)C(=O)OC(C)(C)C)cc(F)c(C#N)c5c34)[C@@H]2C1. The number of nitrogens with one attached hydrogen (secondary N) is 1. The number of pyridine rings is 1. The monoisotopic (exact) mass is 498 g/mol. The summed E-state index contributed by atoms with van der Waals surface area (Å²) in [5.41, 5.74) is 1.08. The highest BCUT2D eigenvalue weighted by Gasteiger charge is 2.42. The number of hydrogen-bond acceptors (Lipinski definition) is 6. The molecule has 2 aliphatic heterocycles. The number of carbonyl (C=O) groups is 1. The van der Waals surface area contributed by atoms with Crippen molar-refractivity contribution in [1.82, 2.24) is 14.9 Å². The molecule has 0 saturated carbocycles. The average molecular weight is 499 g/mol. The summed E-state index contributed by atoms with van der Waals surface area (Å²) in [6.45, 7) is 8.02. The number of likely N-dealkylation sites (N-methyl/N-ethyl adjacent to an activating group) is 1. The molecule has 0 spiro atoms. The van der Waals surface area contributed by atoms with Gasteiger partial charge < -0.3 is 19.5 Å². The largest absolute Gasteiger partial charge is 0.443 e. The van der Waals surface area contributed by atoms with E-state index in [-0.39, 0.29) is 17.3 Å². The van der Waals surface area contributed by atoms with Crippen molar-refractivity contribution in [2.75, 3.05) is 43.5 Å². The zero-order valence-electron chi connectivity index (χ0n) is 20.4. The van der Waals surface area contributed by atoms with E-state index in [0.717, 1.165) is 31.7 Å². The molecular formula is C25H28ClFN6O2. The van der Waals surface area contributed by atoms with Crippen LogP contribution in [0, 0.1) is 23.1 Å². The molecule has 3 aromatic rings. The Kier molecular flexibility index (Phi) is 5.57. The van der Waals surface area contributed by atoms with E-state index in [1.165, 1.54) is 18.0 Å². The molecule has 0 aliphatic carbocycles. The highest BCUT2D eigenvalue weighted by atomic mass is 35.5. The number of fused-ring (bicyclic) bond motifs is 4. The number of hydrogen-bond donors (Lipinski definition) is 1. The normalized spacial score (nSPS) is 20.5. The predicted molar refractivity (Wildman–Crippen MR) is 135 cm³/mol. The molecule has 2 aromatic heterocycles. The molecule has 1 amide bonds. The molecule has 2 atom stereocenters. The van der Waals surface area contributed by atoms with E-state index in [4.69, 9.17) is 16.3 Å². The summed E-state index contributed by atoms with van der Waals surface area (Å²) < 4.78 is 20.8. The van der Waals surface area contributed by atoms with E-state index in [9.17, 15) is 10.1 Å². The van der Waals surface area contributed by atoms with Gasteiger partial charge in [-0.3, -0.25) is 4.90 Å². The van der Waals surface area contributed by atoms with Crippen LogP contribution in [0.3, 0.4) is 0 Å². The maximum absolute atomic E-state index is 15.3. The van der Waals surface area contributed by atoms with Gasteiger partial charge in [0.05, 0.1) is 39.1 Å². The van der Waals surface area contributed by atoms with E-state index in [1.54, 1.807) is 27.0 Å². The molecule has 8 nitrogen and oxygen atoms in total. The van der Waals surface area contributed by atoms with Crippen molar-refractivity contribution in [2.45, 2.75) is 38.8 Å². The Labute approximate surface area is 208 Å². The van der Waals surface area contributed by atoms with Gasteiger partial charge in [-0.2, -0.15) is 5.26 Å². The number of aromatic nitrogens is 2.